The van der Waals surface area contributed by atoms with Crippen molar-refractivity contribution in [3.05, 3.63) is 34.1 Å². The van der Waals surface area contributed by atoms with E-state index in [0.29, 0.717) is 11.6 Å². The Balaban J connectivity index is 1.98. The molecule has 0 radical (unpaired) electrons. The SMILES string of the molecule is CC1CCC(CNc2cc(F)cc([N+](=O)[O-])c2)C1. The molecular weight excluding hydrogens is 235 g/mol. The Bertz CT molecular complexity index is 451. The van der Waals surface area contributed by atoms with Crippen LogP contribution in [-0.2, 0) is 0 Å². The fraction of sp³-hybridized carbons (Fsp3) is 0.538. The van der Waals surface area contributed by atoms with Crippen LogP contribution in [0.25, 0.3) is 0 Å². The molecule has 2 rings (SSSR count). The number of non-ortho nitro benzene ring substituents is 1. The molecule has 5 heteroatoms. The van der Waals surface area contributed by atoms with Crippen molar-refractivity contribution in [2.24, 2.45) is 11.8 Å². The van der Waals surface area contributed by atoms with Crippen molar-refractivity contribution >= 4 is 11.4 Å². The standard InChI is InChI=1S/C13H17FN2O2/c1-9-2-3-10(4-9)8-15-12-5-11(14)6-13(7-12)16(17)18/h5-7,9-10,15H,2-4,8H2,1H3. The van der Waals surface area contributed by atoms with Gasteiger partial charge in [-0.2, -0.15) is 0 Å². The first-order valence-corrected chi connectivity index (χ1v) is 6.23. The number of nitrogens with zero attached hydrogens (tertiary/aromatic N) is 1. The van der Waals surface area contributed by atoms with Crippen LogP contribution < -0.4 is 5.32 Å². The summed E-state index contributed by atoms with van der Waals surface area (Å²) in [6, 6.07) is 3.61. The number of hydrogen-bond acceptors (Lipinski definition) is 3. The predicted octanol–water partition coefficient (Wildman–Crippen LogP) is 3.58. The molecule has 1 aromatic carbocycles. The van der Waals surface area contributed by atoms with E-state index in [2.05, 4.69) is 12.2 Å². The van der Waals surface area contributed by atoms with Crippen molar-refractivity contribution < 1.29 is 9.31 Å². The molecule has 0 saturated heterocycles. The average molecular weight is 252 g/mol. The monoisotopic (exact) mass is 252 g/mol. The number of nitro benzene ring substituents is 1. The first-order valence-electron chi connectivity index (χ1n) is 6.23. The summed E-state index contributed by atoms with van der Waals surface area (Å²) in [5.74, 6) is 0.757. The minimum atomic E-state index is -0.577. The largest absolute Gasteiger partial charge is 0.384 e. The molecule has 2 unspecified atom stereocenters. The first kappa shape index (κ1) is 12.8. The summed E-state index contributed by atoms with van der Waals surface area (Å²) in [4.78, 5) is 10.0. The number of nitro groups is 1. The second kappa shape index (κ2) is 5.33. The minimum Gasteiger partial charge on any atom is -0.384 e. The molecule has 4 nitrogen and oxygen atoms in total. The maximum absolute atomic E-state index is 13.2. The van der Waals surface area contributed by atoms with Crippen molar-refractivity contribution in [1.29, 1.82) is 0 Å². The highest BCUT2D eigenvalue weighted by atomic mass is 19.1. The summed E-state index contributed by atoms with van der Waals surface area (Å²) in [5.41, 5.74) is 0.276. The maximum atomic E-state index is 13.2. The molecule has 98 valence electrons. The lowest BCUT2D eigenvalue weighted by molar-refractivity contribution is -0.385. The second-order valence-corrected chi connectivity index (χ2v) is 5.12. The van der Waals surface area contributed by atoms with E-state index in [1.54, 1.807) is 0 Å². The maximum Gasteiger partial charge on any atom is 0.274 e. The van der Waals surface area contributed by atoms with Crippen LogP contribution in [0, 0.1) is 27.8 Å². The number of rotatable bonds is 4. The van der Waals surface area contributed by atoms with Gasteiger partial charge in [-0.15, -0.1) is 0 Å². The Kier molecular flexibility index (Phi) is 3.79. The van der Waals surface area contributed by atoms with Crippen molar-refractivity contribution in [3.63, 3.8) is 0 Å². The molecular formula is C13H17FN2O2. The highest BCUT2D eigenvalue weighted by Crippen LogP contribution is 2.30. The zero-order valence-corrected chi connectivity index (χ0v) is 10.4. The normalized spacial score (nSPS) is 23.0. The molecule has 1 aromatic rings. The van der Waals surface area contributed by atoms with E-state index in [4.69, 9.17) is 0 Å². The van der Waals surface area contributed by atoms with Gasteiger partial charge < -0.3 is 5.32 Å². The molecule has 2 atom stereocenters. The molecule has 1 aliphatic carbocycles. The Hall–Kier alpha value is -1.65. The third-order valence-electron chi connectivity index (χ3n) is 3.49. The fourth-order valence-corrected chi connectivity index (χ4v) is 2.55. The molecule has 18 heavy (non-hydrogen) atoms. The summed E-state index contributed by atoms with van der Waals surface area (Å²) >= 11 is 0. The van der Waals surface area contributed by atoms with Gasteiger partial charge in [-0.1, -0.05) is 13.3 Å². The zero-order valence-electron chi connectivity index (χ0n) is 10.4. The van der Waals surface area contributed by atoms with Crippen LogP contribution in [-0.4, -0.2) is 11.5 Å². The summed E-state index contributed by atoms with van der Waals surface area (Å²) in [5, 5.41) is 13.7. The van der Waals surface area contributed by atoms with Crippen LogP contribution in [0.2, 0.25) is 0 Å². The molecule has 1 saturated carbocycles. The van der Waals surface area contributed by atoms with Gasteiger partial charge in [0.05, 0.1) is 11.0 Å². The smallest absolute Gasteiger partial charge is 0.274 e. The third-order valence-corrected chi connectivity index (χ3v) is 3.49. The fourth-order valence-electron chi connectivity index (χ4n) is 2.55. The van der Waals surface area contributed by atoms with Crippen molar-refractivity contribution in [3.8, 4) is 0 Å². The molecule has 1 aliphatic rings. The highest BCUT2D eigenvalue weighted by molar-refractivity contribution is 5.51. The van der Waals surface area contributed by atoms with Crippen LogP contribution in [0.3, 0.4) is 0 Å². The number of anilines is 1. The molecule has 0 aromatic heterocycles. The molecule has 1 N–H and O–H groups in total. The molecule has 0 aliphatic heterocycles. The van der Waals surface area contributed by atoms with Gasteiger partial charge in [-0.05, 0) is 30.7 Å². The van der Waals surface area contributed by atoms with Gasteiger partial charge in [-0.3, -0.25) is 10.1 Å². The van der Waals surface area contributed by atoms with E-state index in [1.165, 1.54) is 31.4 Å². The van der Waals surface area contributed by atoms with E-state index in [0.717, 1.165) is 18.5 Å². The number of halogens is 1. The summed E-state index contributed by atoms with van der Waals surface area (Å²) in [7, 11) is 0. The summed E-state index contributed by atoms with van der Waals surface area (Å²) in [6.45, 7) is 2.98. The van der Waals surface area contributed by atoms with Crippen LogP contribution >= 0.6 is 0 Å². The number of nitrogens with one attached hydrogen (secondary N) is 1. The predicted molar refractivity (Wildman–Crippen MR) is 68.0 cm³/mol. The van der Waals surface area contributed by atoms with E-state index in [-0.39, 0.29) is 5.69 Å². The molecule has 0 bridgehead atoms. The van der Waals surface area contributed by atoms with Gasteiger partial charge in [0, 0.05) is 18.3 Å². The lowest BCUT2D eigenvalue weighted by atomic mass is 10.1. The minimum absolute atomic E-state index is 0.211. The molecule has 0 spiro atoms. The van der Waals surface area contributed by atoms with E-state index >= 15 is 0 Å². The Labute approximate surface area is 105 Å². The van der Waals surface area contributed by atoms with Gasteiger partial charge in [0.25, 0.3) is 5.69 Å². The van der Waals surface area contributed by atoms with Gasteiger partial charge in [0.1, 0.15) is 5.82 Å². The Morgan fingerprint density at radius 2 is 2.22 bits per heavy atom. The lowest BCUT2D eigenvalue weighted by Crippen LogP contribution is -2.11. The van der Waals surface area contributed by atoms with Crippen LogP contribution in [0.5, 0.6) is 0 Å². The third kappa shape index (κ3) is 3.18. The summed E-state index contributed by atoms with van der Waals surface area (Å²) in [6.07, 6.45) is 3.58. The second-order valence-electron chi connectivity index (χ2n) is 5.12. The number of hydrogen-bond donors (Lipinski definition) is 1. The Morgan fingerprint density at radius 3 is 2.83 bits per heavy atom. The number of benzene rings is 1. The van der Waals surface area contributed by atoms with Gasteiger partial charge >= 0.3 is 0 Å². The van der Waals surface area contributed by atoms with Crippen molar-refractivity contribution in [1.82, 2.24) is 0 Å². The van der Waals surface area contributed by atoms with Gasteiger partial charge in [0.2, 0.25) is 0 Å². The quantitative estimate of drug-likeness (QED) is 0.658. The van der Waals surface area contributed by atoms with Gasteiger partial charge in [-0.25, -0.2) is 4.39 Å². The Morgan fingerprint density at radius 1 is 1.44 bits per heavy atom. The van der Waals surface area contributed by atoms with Gasteiger partial charge in [0.15, 0.2) is 0 Å². The molecule has 1 fully saturated rings. The molecule has 0 heterocycles. The lowest BCUT2D eigenvalue weighted by Gasteiger charge is -2.12. The van der Waals surface area contributed by atoms with E-state index in [1.807, 2.05) is 0 Å². The summed E-state index contributed by atoms with van der Waals surface area (Å²) < 4.78 is 13.2. The average Bonchev–Trinajstić information content (AvgIpc) is 2.72. The first-order chi connectivity index (χ1) is 8.54. The highest BCUT2D eigenvalue weighted by Gasteiger charge is 2.21. The van der Waals surface area contributed by atoms with E-state index < -0.39 is 10.7 Å². The van der Waals surface area contributed by atoms with E-state index in [9.17, 15) is 14.5 Å². The topological polar surface area (TPSA) is 55.2 Å². The van der Waals surface area contributed by atoms with Crippen molar-refractivity contribution in [2.75, 3.05) is 11.9 Å². The van der Waals surface area contributed by atoms with Crippen LogP contribution in [0.15, 0.2) is 18.2 Å². The van der Waals surface area contributed by atoms with Crippen LogP contribution in [0.4, 0.5) is 15.8 Å². The van der Waals surface area contributed by atoms with Crippen molar-refractivity contribution in [2.45, 2.75) is 26.2 Å². The zero-order chi connectivity index (χ0) is 13.1. The van der Waals surface area contributed by atoms with Crippen LogP contribution in [0.1, 0.15) is 26.2 Å². The molecule has 0 amide bonds.